The van der Waals surface area contributed by atoms with Crippen molar-refractivity contribution in [2.45, 2.75) is 13.3 Å². The average molecular weight is 226 g/mol. The minimum atomic E-state index is 0.847. The van der Waals surface area contributed by atoms with Crippen molar-refractivity contribution >= 4 is 27.0 Å². The number of fused-ring (bicyclic) bond motifs is 1. The lowest BCUT2D eigenvalue weighted by Gasteiger charge is -1.93. The monoisotopic (exact) mass is 225 g/mol. The zero-order valence-electron chi connectivity index (χ0n) is 6.63. The van der Waals surface area contributed by atoms with Crippen molar-refractivity contribution in [3.05, 3.63) is 22.4 Å². The molecule has 3 nitrogen and oxygen atoms in total. The summed E-state index contributed by atoms with van der Waals surface area (Å²) in [4.78, 5) is 4.27. The number of hydrogen-bond donors (Lipinski definition) is 1. The van der Waals surface area contributed by atoms with Gasteiger partial charge in [-0.1, -0.05) is 6.92 Å². The van der Waals surface area contributed by atoms with Crippen LogP contribution in [0.1, 0.15) is 12.5 Å². The molecule has 0 atom stereocenters. The molecule has 0 aliphatic heterocycles. The average Bonchev–Trinajstić information content (AvgIpc) is 2.47. The highest BCUT2D eigenvalue weighted by molar-refractivity contribution is 9.10. The van der Waals surface area contributed by atoms with Gasteiger partial charge in [-0.15, -0.1) is 0 Å². The van der Waals surface area contributed by atoms with Gasteiger partial charge in [0.05, 0.1) is 0 Å². The maximum Gasteiger partial charge on any atom is 0.127 e. The number of aryl methyl sites for hydroxylation is 1. The van der Waals surface area contributed by atoms with Crippen molar-refractivity contribution in [2.24, 2.45) is 0 Å². The number of nitrogens with one attached hydrogen (secondary N) is 1. The Bertz CT molecular complexity index is 408. The van der Waals surface area contributed by atoms with E-state index in [9.17, 15) is 0 Å². The second kappa shape index (κ2) is 2.86. The van der Waals surface area contributed by atoms with Crippen LogP contribution in [0, 0.1) is 0 Å². The van der Waals surface area contributed by atoms with Crippen molar-refractivity contribution in [3.8, 4) is 0 Å². The Morgan fingerprint density at radius 1 is 1.58 bits per heavy atom. The van der Waals surface area contributed by atoms with Gasteiger partial charge in [-0.05, 0) is 34.0 Å². The summed E-state index contributed by atoms with van der Waals surface area (Å²) in [5, 5.41) is 6.92. The second-order valence-electron chi connectivity index (χ2n) is 2.60. The predicted octanol–water partition coefficient (Wildman–Crippen LogP) is 2.28. The molecule has 12 heavy (non-hydrogen) atoms. The largest absolute Gasteiger partial charge is 0.269 e. The zero-order chi connectivity index (χ0) is 8.55. The van der Waals surface area contributed by atoms with Crippen molar-refractivity contribution in [2.75, 3.05) is 0 Å². The van der Waals surface area contributed by atoms with Gasteiger partial charge in [0.2, 0.25) is 0 Å². The molecule has 0 aromatic carbocycles. The number of aromatic amines is 1. The van der Waals surface area contributed by atoms with Crippen LogP contribution in [-0.2, 0) is 6.42 Å². The Morgan fingerprint density at radius 3 is 3.17 bits per heavy atom. The minimum Gasteiger partial charge on any atom is -0.269 e. The van der Waals surface area contributed by atoms with E-state index >= 15 is 0 Å². The van der Waals surface area contributed by atoms with E-state index in [-0.39, 0.29) is 0 Å². The maximum atomic E-state index is 4.27. The summed E-state index contributed by atoms with van der Waals surface area (Å²) in [6, 6.07) is 2.05. The van der Waals surface area contributed by atoms with E-state index in [2.05, 4.69) is 38.0 Å². The molecule has 2 heterocycles. The first-order chi connectivity index (χ1) is 5.81. The van der Waals surface area contributed by atoms with E-state index in [1.807, 2.05) is 12.3 Å². The molecule has 0 unspecified atom stereocenters. The van der Waals surface area contributed by atoms with E-state index in [4.69, 9.17) is 0 Å². The molecule has 2 aromatic heterocycles. The molecule has 0 bridgehead atoms. The first kappa shape index (κ1) is 7.73. The Balaban J connectivity index is 2.69. The smallest absolute Gasteiger partial charge is 0.127 e. The molecule has 0 fully saturated rings. The lowest BCUT2D eigenvalue weighted by atomic mass is 10.2. The Morgan fingerprint density at radius 2 is 2.42 bits per heavy atom. The Labute approximate surface area is 78.3 Å². The van der Waals surface area contributed by atoms with Crippen LogP contribution in [-0.4, -0.2) is 15.2 Å². The first-order valence-corrected chi connectivity index (χ1v) is 4.59. The minimum absolute atomic E-state index is 0.847. The molecule has 0 aliphatic rings. The van der Waals surface area contributed by atoms with Gasteiger partial charge in [-0.3, -0.25) is 10.1 Å². The summed E-state index contributed by atoms with van der Waals surface area (Å²) in [6.45, 7) is 2.10. The molecule has 1 N–H and O–H groups in total. The van der Waals surface area contributed by atoms with Gasteiger partial charge < -0.3 is 0 Å². The molecule has 0 radical (unpaired) electrons. The number of nitrogens with zero attached hydrogens (tertiary/aromatic N) is 2. The fourth-order valence-electron chi connectivity index (χ4n) is 1.10. The van der Waals surface area contributed by atoms with Crippen LogP contribution >= 0.6 is 15.9 Å². The van der Waals surface area contributed by atoms with Crippen molar-refractivity contribution in [1.82, 2.24) is 15.2 Å². The van der Waals surface area contributed by atoms with Gasteiger partial charge in [-0.2, -0.15) is 5.10 Å². The standard InChI is InChI=1S/C8H8BrN3/c1-2-5-3-6-7(10-4-5)8(9)12-11-6/h3-4H,2H2,1H3,(H,11,12). The molecule has 0 saturated heterocycles. The summed E-state index contributed by atoms with van der Waals surface area (Å²) in [7, 11) is 0. The highest BCUT2D eigenvalue weighted by atomic mass is 79.9. The van der Waals surface area contributed by atoms with E-state index in [1.165, 1.54) is 5.56 Å². The number of H-pyrrole nitrogens is 1. The topological polar surface area (TPSA) is 41.6 Å². The van der Waals surface area contributed by atoms with Gasteiger partial charge >= 0.3 is 0 Å². The molecule has 2 rings (SSSR count). The fraction of sp³-hybridized carbons (Fsp3) is 0.250. The molecular formula is C8H8BrN3. The first-order valence-electron chi connectivity index (χ1n) is 3.79. The third-order valence-corrected chi connectivity index (χ3v) is 2.37. The highest BCUT2D eigenvalue weighted by Crippen LogP contribution is 2.18. The number of aromatic nitrogens is 3. The molecular weight excluding hydrogens is 218 g/mol. The fourth-order valence-corrected chi connectivity index (χ4v) is 1.50. The number of rotatable bonds is 1. The molecule has 0 aliphatic carbocycles. The van der Waals surface area contributed by atoms with Crippen LogP contribution < -0.4 is 0 Å². The predicted molar refractivity (Wildman–Crippen MR) is 51.0 cm³/mol. The lowest BCUT2D eigenvalue weighted by molar-refractivity contribution is 1.09. The Hall–Kier alpha value is -0.900. The van der Waals surface area contributed by atoms with E-state index in [1.54, 1.807) is 0 Å². The van der Waals surface area contributed by atoms with Gasteiger partial charge in [-0.25, -0.2) is 0 Å². The normalized spacial score (nSPS) is 10.8. The molecule has 0 amide bonds. The van der Waals surface area contributed by atoms with Gasteiger partial charge in [0.1, 0.15) is 15.6 Å². The number of hydrogen-bond acceptors (Lipinski definition) is 2. The second-order valence-corrected chi connectivity index (χ2v) is 3.40. The summed E-state index contributed by atoms with van der Waals surface area (Å²) >= 11 is 3.33. The summed E-state index contributed by atoms with van der Waals surface area (Å²) in [6.07, 6.45) is 2.87. The van der Waals surface area contributed by atoms with Crippen molar-refractivity contribution in [3.63, 3.8) is 0 Å². The van der Waals surface area contributed by atoms with Gasteiger partial charge in [0, 0.05) is 6.20 Å². The molecule has 62 valence electrons. The molecule has 0 saturated carbocycles. The third kappa shape index (κ3) is 1.12. The molecule has 0 spiro atoms. The van der Waals surface area contributed by atoms with Crippen LogP contribution in [0.3, 0.4) is 0 Å². The zero-order valence-corrected chi connectivity index (χ0v) is 8.22. The molecule has 2 aromatic rings. The lowest BCUT2D eigenvalue weighted by Crippen LogP contribution is -1.82. The Kier molecular flexibility index (Phi) is 1.84. The highest BCUT2D eigenvalue weighted by Gasteiger charge is 2.03. The van der Waals surface area contributed by atoms with E-state index < -0.39 is 0 Å². The van der Waals surface area contributed by atoms with Crippen LogP contribution in [0.25, 0.3) is 11.0 Å². The quantitative estimate of drug-likeness (QED) is 0.810. The number of pyridine rings is 1. The molecule has 4 heteroatoms. The van der Waals surface area contributed by atoms with E-state index in [0.29, 0.717) is 0 Å². The van der Waals surface area contributed by atoms with Crippen molar-refractivity contribution in [1.29, 1.82) is 0 Å². The van der Waals surface area contributed by atoms with E-state index in [0.717, 1.165) is 22.1 Å². The van der Waals surface area contributed by atoms with Crippen LogP contribution in [0.2, 0.25) is 0 Å². The van der Waals surface area contributed by atoms with Gasteiger partial charge in [0.25, 0.3) is 0 Å². The SMILES string of the molecule is CCc1cnc2c(Br)[nH]nc2c1. The number of halogens is 1. The summed E-state index contributed by atoms with van der Waals surface area (Å²) in [5.41, 5.74) is 3.02. The van der Waals surface area contributed by atoms with Crippen LogP contribution in [0.15, 0.2) is 16.9 Å². The van der Waals surface area contributed by atoms with Crippen molar-refractivity contribution < 1.29 is 0 Å². The van der Waals surface area contributed by atoms with Crippen LogP contribution in [0.5, 0.6) is 0 Å². The summed E-state index contributed by atoms with van der Waals surface area (Å²) < 4.78 is 0.847. The van der Waals surface area contributed by atoms with Crippen LogP contribution in [0.4, 0.5) is 0 Å². The maximum absolute atomic E-state index is 4.27. The summed E-state index contributed by atoms with van der Waals surface area (Å²) in [5.74, 6) is 0. The third-order valence-electron chi connectivity index (χ3n) is 1.81. The van der Waals surface area contributed by atoms with Gasteiger partial charge in [0.15, 0.2) is 0 Å².